The summed E-state index contributed by atoms with van der Waals surface area (Å²) in [6.45, 7) is 4.36. The Morgan fingerprint density at radius 3 is 2.52 bits per heavy atom. The number of aryl methyl sites for hydroxylation is 1. The fourth-order valence-corrected chi connectivity index (χ4v) is 2.49. The van der Waals surface area contributed by atoms with Gasteiger partial charge in [-0.15, -0.1) is 5.10 Å². The first-order chi connectivity index (χ1) is 11.1. The predicted molar refractivity (Wildman–Crippen MR) is 88.2 cm³/mol. The summed E-state index contributed by atoms with van der Waals surface area (Å²) < 4.78 is 1.62. The van der Waals surface area contributed by atoms with Crippen LogP contribution in [0.15, 0.2) is 29.4 Å². The average Bonchev–Trinajstić information content (AvgIpc) is 3.00. The molecule has 0 fully saturated rings. The fourth-order valence-electron chi connectivity index (χ4n) is 1.75. The Bertz CT molecular complexity index is 687. The zero-order valence-electron chi connectivity index (χ0n) is 12.9. The van der Waals surface area contributed by atoms with Gasteiger partial charge in [0.2, 0.25) is 17.0 Å². The van der Waals surface area contributed by atoms with Gasteiger partial charge in [-0.05, 0) is 35.5 Å². The maximum Gasteiger partial charge on any atom is 0.234 e. The third-order valence-electron chi connectivity index (χ3n) is 2.88. The Labute approximate surface area is 138 Å². The van der Waals surface area contributed by atoms with Crippen molar-refractivity contribution in [2.45, 2.75) is 32.0 Å². The third-order valence-corrected chi connectivity index (χ3v) is 3.84. The van der Waals surface area contributed by atoms with Crippen LogP contribution < -0.4 is 10.6 Å². The normalized spacial score (nSPS) is 10.3. The molecular formula is C14H18N6O2S. The van der Waals surface area contributed by atoms with Gasteiger partial charge in [-0.2, -0.15) is 0 Å². The Morgan fingerprint density at radius 1 is 1.17 bits per heavy atom. The second-order valence-electron chi connectivity index (χ2n) is 4.60. The van der Waals surface area contributed by atoms with E-state index in [9.17, 15) is 9.59 Å². The number of benzene rings is 1. The summed E-state index contributed by atoms with van der Waals surface area (Å²) in [4.78, 5) is 23.4. The molecular weight excluding hydrogens is 316 g/mol. The number of carbonyl (C=O) groups excluding carboxylic acids is 2. The highest BCUT2D eigenvalue weighted by Crippen LogP contribution is 2.17. The Balaban J connectivity index is 1.90. The molecule has 0 atom stereocenters. The molecule has 0 aliphatic carbocycles. The van der Waals surface area contributed by atoms with E-state index in [0.717, 1.165) is 0 Å². The number of aromatic nitrogens is 4. The van der Waals surface area contributed by atoms with Crippen molar-refractivity contribution >= 4 is 35.0 Å². The molecule has 1 heterocycles. The van der Waals surface area contributed by atoms with E-state index in [1.54, 1.807) is 35.9 Å². The summed E-state index contributed by atoms with van der Waals surface area (Å²) in [7, 11) is 0. The first-order valence-electron chi connectivity index (χ1n) is 7.21. The minimum absolute atomic E-state index is 0.0737. The van der Waals surface area contributed by atoms with Crippen molar-refractivity contribution in [3.63, 3.8) is 0 Å². The molecule has 1 aromatic carbocycles. The van der Waals surface area contributed by atoms with Crippen molar-refractivity contribution in [1.82, 2.24) is 20.2 Å². The van der Waals surface area contributed by atoms with E-state index in [2.05, 4.69) is 26.2 Å². The van der Waals surface area contributed by atoms with E-state index >= 15 is 0 Å². The monoisotopic (exact) mass is 334 g/mol. The average molecular weight is 334 g/mol. The van der Waals surface area contributed by atoms with E-state index in [4.69, 9.17) is 0 Å². The van der Waals surface area contributed by atoms with E-state index in [0.29, 0.717) is 29.5 Å². The maximum atomic E-state index is 12.0. The van der Waals surface area contributed by atoms with Crippen LogP contribution in [0.25, 0.3) is 0 Å². The quantitative estimate of drug-likeness (QED) is 0.748. The van der Waals surface area contributed by atoms with Gasteiger partial charge in [-0.3, -0.25) is 9.59 Å². The summed E-state index contributed by atoms with van der Waals surface area (Å²) in [6.07, 6.45) is 0.402. The first kappa shape index (κ1) is 16.9. The van der Waals surface area contributed by atoms with Crippen molar-refractivity contribution in [3.8, 4) is 0 Å². The smallest absolute Gasteiger partial charge is 0.234 e. The lowest BCUT2D eigenvalue weighted by Gasteiger charge is -2.08. The highest BCUT2D eigenvalue weighted by Gasteiger charge is 2.09. The topological polar surface area (TPSA) is 102 Å². The zero-order valence-corrected chi connectivity index (χ0v) is 13.8. The molecule has 2 rings (SSSR count). The molecule has 1 aromatic heterocycles. The molecule has 23 heavy (non-hydrogen) atoms. The predicted octanol–water partition coefficient (Wildman–Crippen LogP) is 1.77. The van der Waals surface area contributed by atoms with Crippen LogP contribution in [0.1, 0.15) is 20.3 Å². The number of thioether (sulfide) groups is 1. The van der Waals surface area contributed by atoms with Gasteiger partial charge in [0.05, 0.1) is 5.75 Å². The highest BCUT2D eigenvalue weighted by atomic mass is 32.2. The third kappa shape index (κ3) is 5.06. The molecule has 2 aromatic rings. The van der Waals surface area contributed by atoms with Crippen LogP contribution in [-0.4, -0.2) is 37.8 Å². The molecule has 0 spiro atoms. The lowest BCUT2D eigenvalue weighted by molar-refractivity contribution is -0.116. The van der Waals surface area contributed by atoms with E-state index < -0.39 is 0 Å². The van der Waals surface area contributed by atoms with Crippen LogP contribution in [0.5, 0.6) is 0 Å². The van der Waals surface area contributed by atoms with Crippen LogP contribution in [-0.2, 0) is 16.1 Å². The summed E-state index contributed by atoms with van der Waals surface area (Å²) in [5, 5.41) is 17.4. The molecule has 0 saturated heterocycles. The Morgan fingerprint density at radius 2 is 1.87 bits per heavy atom. The minimum atomic E-state index is -0.167. The van der Waals surface area contributed by atoms with Crippen LogP contribution in [0, 0.1) is 0 Å². The van der Waals surface area contributed by atoms with Crippen LogP contribution >= 0.6 is 11.8 Å². The molecule has 0 saturated carbocycles. The summed E-state index contributed by atoms with van der Waals surface area (Å²) in [5.41, 5.74) is 1.27. The number of nitrogens with one attached hydrogen (secondary N) is 2. The number of anilines is 2. The maximum absolute atomic E-state index is 12.0. The molecule has 0 radical (unpaired) electrons. The van der Waals surface area contributed by atoms with Crippen molar-refractivity contribution in [1.29, 1.82) is 0 Å². The highest BCUT2D eigenvalue weighted by molar-refractivity contribution is 7.99. The number of hydrogen-bond acceptors (Lipinski definition) is 6. The molecule has 9 heteroatoms. The Kier molecular flexibility index (Phi) is 6.10. The number of nitrogens with zero attached hydrogens (tertiary/aromatic N) is 4. The van der Waals surface area contributed by atoms with Crippen molar-refractivity contribution in [3.05, 3.63) is 24.3 Å². The standard InChI is InChI=1S/C14H18N6O2S/c1-3-12(21)15-10-6-5-7-11(8-10)16-13(22)9-23-14-17-18-19-20(14)4-2/h5-8H,3-4,9H2,1-2H3,(H,15,21)(H,16,22). The van der Waals surface area contributed by atoms with Gasteiger partial charge >= 0.3 is 0 Å². The van der Waals surface area contributed by atoms with Gasteiger partial charge in [0.25, 0.3) is 0 Å². The van der Waals surface area contributed by atoms with Crippen LogP contribution in [0.2, 0.25) is 0 Å². The molecule has 2 amide bonds. The first-order valence-corrected chi connectivity index (χ1v) is 8.19. The molecule has 8 nitrogen and oxygen atoms in total. The molecule has 0 bridgehead atoms. The molecule has 0 aliphatic heterocycles. The molecule has 122 valence electrons. The van der Waals surface area contributed by atoms with Crippen molar-refractivity contribution < 1.29 is 9.59 Å². The number of rotatable bonds is 7. The number of tetrazole rings is 1. The molecule has 0 aliphatic rings. The summed E-state index contributed by atoms with van der Waals surface area (Å²) >= 11 is 1.27. The fraction of sp³-hybridized carbons (Fsp3) is 0.357. The second-order valence-corrected chi connectivity index (χ2v) is 5.54. The van der Waals surface area contributed by atoms with Crippen LogP contribution in [0.3, 0.4) is 0 Å². The second kappa shape index (κ2) is 8.28. The van der Waals surface area contributed by atoms with Gasteiger partial charge < -0.3 is 10.6 Å². The van der Waals surface area contributed by atoms with E-state index in [1.165, 1.54) is 11.8 Å². The lowest BCUT2D eigenvalue weighted by Crippen LogP contribution is -2.15. The SMILES string of the molecule is CCC(=O)Nc1cccc(NC(=O)CSc2nnnn2CC)c1. The summed E-state index contributed by atoms with van der Waals surface area (Å²) in [5.74, 6) is -0.0404. The van der Waals surface area contributed by atoms with Gasteiger partial charge in [0.15, 0.2) is 0 Å². The molecule has 0 unspecified atom stereocenters. The Hall–Kier alpha value is -2.42. The lowest BCUT2D eigenvalue weighted by atomic mass is 10.2. The van der Waals surface area contributed by atoms with Crippen molar-refractivity contribution in [2.24, 2.45) is 0 Å². The van der Waals surface area contributed by atoms with Gasteiger partial charge in [0, 0.05) is 24.3 Å². The molecule has 2 N–H and O–H groups in total. The largest absolute Gasteiger partial charge is 0.326 e. The van der Waals surface area contributed by atoms with E-state index in [-0.39, 0.29) is 17.6 Å². The number of amides is 2. The zero-order chi connectivity index (χ0) is 16.7. The van der Waals surface area contributed by atoms with Crippen molar-refractivity contribution in [2.75, 3.05) is 16.4 Å². The van der Waals surface area contributed by atoms with Crippen LogP contribution in [0.4, 0.5) is 11.4 Å². The number of hydrogen-bond donors (Lipinski definition) is 2. The minimum Gasteiger partial charge on any atom is -0.326 e. The van der Waals surface area contributed by atoms with Gasteiger partial charge in [-0.1, -0.05) is 24.8 Å². The van der Waals surface area contributed by atoms with Gasteiger partial charge in [-0.25, -0.2) is 4.68 Å². The van der Waals surface area contributed by atoms with E-state index in [1.807, 2.05) is 6.92 Å². The summed E-state index contributed by atoms with van der Waals surface area (Å²) in [6, 6.07) is 7.02. The number of carbonyl (C=O) groups is 2. The van der Waals surface area contributed by atoms with Gasteiger partial charge in [0.1, 0.15) is 0 Å².